The molecule has 0 aromatic rings. The summed E-state index contributed by atoms with van der Waals surface area (Å²) >= 11 is 0. The lowest BCUT2D eigenvalue weighted by Gasteiger charge is -2.15. The van der Waals surface area contributed by atoms with E-state index >= 15 is 0 Å². The van der Waals surface area contributed by atoms with Crippen LogP contribution in [0.25, 0.3) is 0 Å². The third-order valence-corrected chi connectivity index (χ3v) is 1.27. The molecular weight excluding hydrogens is 126 g/mol. The molecule has 0 aromatic heterocycles. The van der Waals surface area contributed by atoms with Crippen LogP contribution in [0.3, 0.4) is 0 Å². The van der Waals surface area contributed by atoms with E-state index in [1.807, 2.05) is 29.3 Å². The van der Waals surface area contributed by atoms with Crippen LogP contribution in [0.1, 0.15) is 0 Å². The van der Waals surface area contributed by atoms with Crippen molar-refractivity contribution in [2.75, 3.05) is 0 Å². The van der Waals surface area contributed by atoms with Gasteiger partial charge in [0, 0.05) is 12.1 Å². The van der Waals surface area contributed by atoms with Gasteiger partial charge in [-0.1, -0.05) is 6.08 Å². The van der Waals surface area contributed by atoms with Gasteiger partial charge in [-0.2, -0.15) is 0 Å². The van der Waals surface area contributed by atoms with E-state index in [1.165, 1.54) is 0 Å². The lowest BCUT2D eigenvalue weighted by atomic mass is 10.3. The fraction of sp³-hybridized carbons (Fsp3) is 0. The van der Waals surface area contributed by atoms with Crippen LogP contribution in [-0.2, 0) is 0 Å². The molecule has 0 saturated carbocycles. The number of hydrogen-bond donors (Lipinski definition) is 0. The van der Waals surface area contributed by atoms with Crippen molar-refractivity contribution in [3.63, 3.8) is 0 Å². The molecule has 2 heterocycles. The Morgan fingerprint density at radius 1 is 1.40 bits per heavy atom. The molecule has 10 heavy (non-hydrogen) atoms. The highest BCUT2D eigenvalue weighted by Crippen LogP contribution is 2.04. The Kier molecular flexibility index (Phi) is 1.03. The molecule has 0 bridgehead atoms. The number of allylic oxidation sites excluding steroid dienone is 2. The highest BCUT2D eigenvalue weighted by atomic mass is 15.3. The molecule has 0 fully saturated rings. The summed E-state index contributed by atoms with van der Waals surface area (Å²) in [6.07, 6.45) is 9.39. The molecule has 48 valence electrons. The molecule has 2 aliphatic heterocycles. The Balaban J connectivity index is 2.45. The van der Waals surface area contributed by atoms with E-state index < -0.39 is 0 Å². The second-order valence-electron chi connectivity index (χ2n) is 1.92. The van der Waals surface area contributed by atoms with Gasteiger partial charge in [0.05, 0.1) is 6.20 Å². The van der Waals surface area contributed by atoms with E-state index in [-0.39, 0.29) is 0 Å². The smallest absolute Gasteiger partial charge is 0.160 e. The maximum atomic E-state index is 3.84. The number of hydrogen-bond acceptors (Lipinski definition) is 3. The average molecular weight is 131 g/mol. The number of rotatable bonds is 0. The Hall–Kier alpha value is -1.60. The normalized spacial score (nSPS) is 19.2. The second kappa shape index (κ2) is 1.97. The lowest BCUT2D eigenvalue weighted by Crippen LogP contribution is -2.20. The zero-order valence-corrected chi connectivity index (χ0v) is 5.23. The number of fused-ring (bicyclic) bond motifs is 1. The molecular formula is C7H5N3. The van der Waals surface area contributed by atoms with Crippen molar-refractivity contribution in [3.05, 3.63) is 30.6 Å². The van der Waals surface area contributed by atoms with E-state index in [2.05, 4.69) is 16.1 Å². The van der Waals surface area contributed by atoms with Crippen LogP contribution in [0, 0.1) is 0 Å². The Bertz CT molecular complexity index is 290. The van der Waals surface area contributed by atoms with Crippen LogP contribution in [0.5, 0.6) is 0 Å². The first-order valence-electron chi connectivity index (χ1n) is 2.96. The minimum Gasteiger partial charge on any atom is -0.298 e. The highest BCUT2D eigenvalue weighted by molar-refractivity contribution is 5.97. The minimum atomic E-state index is 0.834. The summed E-state index contributed by atoms with van der Waals surface area (Å²) in [5.74, 6) is 3.47. The summed E-state index contributed by atoms with van der Waals surface area (Å²) in [6.45, 7) is 0. The van der Waals surface area contributed by atoms with Gasteiger partial charge in [-0.3, -0.25) is 4.90 Å². The summed E-state index contributed by atoms with van der Waals surface area (Å²) in [6, 6.07) is 0. The quantitative estimate of drug-likeness (QED) is 0.479. The Labute approximate surface area is 58.4 Å². The molecule has 0 N–H and O–H groups in total. The molecule has 0 aromatic carbocycles. The van der Waals surface area contributed by atoms with E-state index in [0.29, 0.717) is 0 Å². The van der Waals surface area contributed by atoms with Crippen molar-refractivity contribution < 1.29 is 0 Å². The standard InChI is InChI=1S/C7H5N3/c1-2-5-10-6-4-8-9-7(10)3-1/h1-3,5-6H. The van der Waals surface area contributed by atoms with Crippen molar-refractivity contribution >= 4 is 11.7 Å². The zero-order chi connectivity index (χ0) is 6.81. The molecule has 3 heteroatoms. The maximum absolute atomic E-state index is 3.84. The van der Waals surface area contributed by atoms with Crippen LogP contribution in [0.15, 0.2) is 40.8 Å². The summed E-state index contributed by atoms with van der Waals surface area (Å²) in [4.78, 5) is 1.85. The van der Waals surface area contributed by atoms with Crippen molar-refractivity contribution in [1.82, 2.24) is 4.90 Å². The number of nitrogens with zero attached hydrogens (tertiary/aromatic N) is 3. The second-order valence-corrected chi connectivity index (χ2v) is 1.92. The molecule has 0 unspecified atom stereocenters. The number of amidine groups is 1. The van der Waals surface area contributed by atoms with Crippen LogP contribution in [-0.4, -0.2) is 16.6 Å². The third kappa shape index (κ3) is 0.694. The Morgan fingerprint density at radius 3 is 3.30 bits per heavy atom. The predicted octanol–water partition coefficient (Wildman–Crippen LogP) is 0.882. The van der Waals surface area contributed by atoms with Gasteiger partial charge in [0.25, 0.3) is 0 Å². The molecule has 0 aliphatic carbocycles. The minimum absolute atomic E-state index is 0.834. The summed E-state index contributed by atoms with van der Waals surface area (Å²) < 4.78 is 0. The third-order valence-electron chi connectivity index (χ3n) is 1.27. The van der Waals surface area contributed by atoms with Crippen LogP contribution in [0.4, 0.5) is 0 Å². The van der Waals surface area contributed by atoms with Gasteiger partial charge in [-0.05, 0) is 12.2 Å². The van der Waals surface area contributed by atoms with Gasteiger partial charge < -0.3 is 0 Å². The first kappa shape index (κ1) is 5.21. The van der Waals surface area contributed by atoms with Crippen molar-refractivity contribution in [2.45, 2.75) is 0 Å². The van der Waals surface area contributed by atoms with E-state index in [0.717, 1.165) is 5.84 Å². The monoisotopic (exact) mass is 131 g/mol. The average Bonchev–Trinajstić information content (AvgIpc) is 2.05. The van der Waals surface area contributed by atoms with Gasteiger partial charge in [-0.15, -0.1) is 10.2 Å². The highest BCUT2D eigenvalue weighted by Gasteiger charge is 2.05. The Morgan fingerprint density at radius 2 is 2.40 bits per heavy atom. The van der Waals surface area contributed by atoms with Gasteiger partial charge in [0.2, 0.25) is 0 Å². The molecule has 0 amide bonds. The van der Waals surface area contributed by atoms with Gasteiger partial charge in [0.1, 0.15) is 0 Å². The zero-order valence-electron chi connectivity index (χ0n) is 5.23. The van der Waals surface area contributed by atoms with Crippen LogP contribution in [0.2, 0.25) is 0 Å². The van der Waals surface area contributed by atoms with E-state index in [9.17, 15) is 0 Å². The summed E-state index contributed by atoms with van der Waals surface area (Å²) in [5.41, 5.74) is 0. The van der Waals surface area contributed by atoms with Crippen LogP contribution >= 0.6 is 0 Å². The van der Waals surface area contributed by atoms with E-state index in [1.54, 1.807) is 6.20 Å². The maximum Gasteiger partial charge on any atom is 0.160 e. The fourth-order valence-electron chi connectivity index (χ4n) is 0.809. The summed E-state index contributed by atoms with van der Waals surface area (Å²) in [5, 5.41) is 7.46. The molecule has 0 radical (unpaired) electrons. The molecule has 0 spiro atoms. The first-order valence-corrected chi connectivity index (χ1v) is 2.96. The summed E-state index contributed by atoms with van der Waals surface area (Å²) in [7, 11) is 0. The molecule has 2 rings (SSSR count). The van der Waals surface area contributed by atoms with Crippen molar-refractivity contribution in [1.29, 1.82) is 0 Å². The molecule has 3 nitrogen and oxygen atoms in total. The van der Waals surface area contributed by atoms with E-state index in [4.69, 9.17) is 0 Å². The topological polar surface area (TPSA) is 28.0 Å². The first-order chi connectivity index (χ1) is 4.97. The van der Waals surface area contributed by atoms with Gasteiger partial charge in [-0.25, -0.2) is 0 Å². The van der Waals surface area contributed by atoms with Crippen LogP contribution < -0.4 is 0 Å². The molecule has 0 saturated heterocycles. The molecule has 0 atom stereocenters. The predicted molar refractivity (Wildman–Crippen MR) is 39.6 cm³/mol. The lowest BCUT2D eigenvalue weighted by molar-refractivity contribution is 0.753. The largest absolute Gasteiger partial charge is 0.298 e. The fourth-order valence-corrected chi connectivity index (χ4v) is 0.809. The SMILES string of the molecule is C1=CN2C=CC=CC2=NN=1. The van der Waals surface area contributed by atoms with Gasteiger partial charge >= 0.3 is 0 Å². The molecule has 2 aliphatic rings. The van der Waals surface area contributed by atoms with Crippen molar-refractivity contribution in [2.24, 2.45) is 10.2 Å². The van der Waals surface area contributed by atoms with Crippen molar-refractivity contribution in [3.8, 4) is 0 Å². The van der Waals surface area contributed by atoms with Gasteiger partial charge in [0.15, 0.2) is 5.84 Å².